The van der Waals surface area contributed by atoms with E-state index in [1.807, 2.05) is 30.3 Å². The number of methoxy groups -OCH3 is 2. The Hall–Kier alpha value is -4.11. The van der Waals surface area contributed by atoms with Gasteiger partial charge in [0.25, 0.3) is 5.91 Å². The van der Waals surface area contributed by atoms with Crippen LogP contribution in [0.1, 0.15) is 26.4 Å². The summed E-state index contributed by atoms with van der Waals surface area (Å²) >= 11 is 1.28. The number of carbonyl (C=O) groups is 2. The number of benzene rings is 2. The van der Waals surface area contributed by atoms with Gasteiger partial charge in [-0.1, -0.05) is 30.3 Å². The number of H-pyrrole nitrogens is 1. The van der Waals surface area contributed by atoms with E-state index >= 15 is 0 Å². The number of nitrogens with zero attached hydrogens (tertiary/aromatic N) is 1. The fourth-order valence-electron chi connectivity index (χ4n) is 3.07. The van der Waals surface area contributed by atoms with Crippen LogP contribution in [0.25, 0.3) is 11.3 Å². The minimum absolute atomic E-state index is 0.326. The lowest BCUT2D eigenvalue weighted by Gasteiger charge is -2.12. The van der Waals surface area contributed by atoms with Gasteiger partial charge in [-0.05, 0) is 29.8 Å². The number of esters is 1. The zero-order valence-corrected chi connectivity index (χ0v) is 18.8. The Morgan fingerprint density at radius 2 is 1.88 bits per heavy atom. The van der Waals surface area contributed by atoms with Gasteiger partial charge >= 0.3 is 5.97 Å². The van der Waals surface area contributed by atoms with Crippen LogP contribution in [-0.2, 0) is 11.3 Å². The van der Waals surface area contributed by atoms with Crippen LogP contribution in [0.3, 0.4) is 0 Å². The fourth-order valence-corrected chi connectivity index (χ4v) is 3.78. The highest BCUT2D eigenvalue weighted by Crippen LogP contribution is 2.30. The van der Waals surface area contributed by atoms with Gasteiger partial charge in [0.2, 0.25) is 0 Å². The Morgan fingerprint density at radius 3 is 2.64 bits per heavy atom. The molecule has 0 spiro atoms. The number of anilines is 1. The SMILES string of the molecule is COC(=O)c1cc(-c2csc(NC(=O)c3ccc(OCc4ccccc4)c(OC)c3)n2)c[nH]1. The van der Waals surface area contributed by atoms with E-state index in [0.717, 1.165) is 5.56 Å². The lowest BCUT2D eigenvalue weighted by Crippen LogP contribution is -2.12. The summed E-state index contributed by atoms with van der Waals surface area (Å²) in [7, 11) is 2.84. The van der Waals surface area contributed by atoms with Crippen LogP contribution in [0.5, 0.6) is 11.5 Å². The number of ether oxygens (including phenoxy) is 3. The highest BCUT2D eigenvalue weighted by atomic mass is 32.1. The number of hydrogen-bond donors (Lipinski definition) is 2. The smallest absolute Gasteiger partial charge is 0.354 e. The molecule has 0 bridgehead atoms. The number of aromatic amines is 1. The van der Waals surface area contributed by atoms with Gasteiger partial charge in [-0.25, -0.2) is 9.78 Å². The largest absolute Gasteiger partial charge is 0.493 e. The number of thiazole rings is 1. The summed E-state index contributed by atoms with van der Waals surface area (Å²) in [5.74, 6) is 0.215. The van der Waals surface area contributed by atoms with Crippen LogP contribution >= 0.6 is 11.3 Å². The molecule has 2 N–H and O–H groups in total. The van der Waals surface area contributed by atoms with Crippen molar-refractivity contribution in [2.75, 3.05) is 19.5 Å². The quantitative estimate of drug-likeness (QED) is 0.365. The van der Waals surface area contributed by atoms with E-state index in [9.17, 15) is 9.59 Å². The second kappa shape index (κ2) is 10.0. The molecule has 0 aliphatic carbocycles. The molecule has 0 aliphatic heterocycles. The maximum Gasteiger partial charge on any atom is 0.354 e. The van der Waals surface area contributed by atoms with Gasteiger partial charge in [0.15, 0.2) is 16.6 Å². The molecule has 1 amide bonds. The molecule has 4 rings (SSSR count). The summed E-state index contributed by atoms with van der Waals surface area (Å²) < 4.78 is 15.9. The molecule has 168 valence electrons. The standard InChI is InChI=1S/C24H21N3O5S/c1-30-21-11-16(8-9-20(21)32-13-15-6-4-3-5-7-15)22(28)27-24-26-19(14-33-24)17-10-18(25-12-17)23(29)31-2/h3-12,14,25H,13H2,1-2H3,(H,26,27,28). The van der Waals surface area contributed by atoms with Crippen molar-refractivity contribution in [2.24, 2.45) is 0 Å². The van der Waals surface area contributed by atoms with Crippen molar-refractivity contribution in [1.82, 2.24) is 9.97 Å². The Labute approximate surface area is 194 Å². The average Bonchev–Trinajstić information content (AvgIpc) is 3.52. The first kappa shape index (κ1) is 22.1. The van der Waals surface area contributed by atoms with E-state index in [2.05, 4.69) is 15.3 Å². The molecule has 0 unspecified atom stereocenters. The molecule has 0 saturated heterocycles. The van der Waals surface area contributed by atoms with Crippen LogP contribution in [0.2, 0.25) is 0 Å². The molecule has 0 radical (unpaired) electrons. The Balaban J connectivity index is 1.43. The molecule has 2 aromatic carbocycles. The monoisotopic (exact) mass is 463 g/mol. The van der Waals surface area contributed by atoms with Gasteiger partial charge in [-0.2, -0.15) is 0 Å². The van der Waals surface area contributed by atoms with Crippen molar-refractivity contribution in [1.29, 1.82) is 0 Å². The van der Waals surface area contributed by atoms with Crippen LogP contribution < -0.4 is 14.8 Å². The molecular formula is C24H21N3O5S. The van der Waals surface area contributed by atoms with Gasteiger partial charge in [-0.3, -0.25) is 10.1 Å². The first-order valence-corrected chi connectivity index (χ1v) is 10.8. The molecule has 8 nitrogen and oxygen atoms in total. The van der Waals surface area contributed by atoms with E-state index in [4.69, 9.17) is 14.2 Å². The number of hydrogen-bond acceptors (Lipinski definition) is 7. The molecule has 2 aromatic heterocycles. The number of amides is 1. The van der Waals surface area contributed by atoms with Gasteiger partial charge in [0, 0.05) is 22.7 Å². The number of rotatable bonds is 8. The van der Waals surface area contributed by atoms with Crippen LogP contribution in [-0.4, -0.2) is 36.1 Å². The van der Waals surface area contributed by atoms with E-state index in [1.165, 1.54) is 25.6 Å². The molecule has 0 atom stereocenters. The van der Waals surface area contributed by atoms with Gasteiger partial charge in [-0.15, -0.1) is 11.3 Å². The van der Waals surface area contributed by atoms with E-state index in [-0.39, 0.29) is 5.91 Å². The minimum Gasteiger partial charge on any atom is -0.493 e. The third-order valence-corrected chi connectivity index (χ3v) is 5.53. The number of nitrogens with one attached hydrogen (secondary N) is 2. The summed E-state index contributed by atoms with van der Waals surface area (Å²) in [6.07, 6.45) is 1.66. The summed E-state index contributed by atoms with van der Waals surface area (Å²) in [4.78, 5) is 31.6. The lowest BCUT2D eigenvalue weighted by atomic mass is 10.2. The first-order chi connectivity index (χ1) is 16.1. The van der Waals surface area contributed by atoms with Crippen LogP contribution in [0.4, 0.5) is 5.13 Å². The Morgan fingerprint density at radius 1 is 1.06 bits per heavy atom. The first-order valence-electron chi connectivity index (χ1n) is 9.96. The molecule has 9 heteroatoms. The fraction of sp³-hybridized carbons (Fsp3) is 0.125. The zero-order valence-electron chi connectivity index (χ0n) is 18.0. The van der Waals surface area contributed by atoms with Gasteiger partial charge < -0.3 is 19.2 Å². The van der Waals surface area contributed by atoms with E-state index in [1.54, 1.807) is 35.8 Å². The minimum atomic E-state index is -0.463. The Kier molecular flexibility index (Phi) is 6.70. The highest BCUT2D eigenvalue weighted by molar-refractivity contribution is 7.14. The summed E-state index contributed by atoms with van der Waals surface area (Å²) in [5.41, 5.74) is 3.11. The maximum absolute atomic E-state index is 12.7. The molecule has 0 aliphatic rings. The van der Waals surface area contributed by atoms with Crippen LogP contribution in [0.15, 0.2) is 66.2 Å². The normalized spacial score (nSPS) is 10.5. The molecule has 2 heterocycles. The predicted octanol–water partition coefficient (Wildman–Crippen LogP) is 4.76. The maximum atomic E-state index is 12.7. The number of carbonyl (C=O) groups excluding carboxylic acids is 2. The van der Waals surface area contributed by atoms with Crippen molar-refractivity contribution in [3.63, 3.8) is 0 Å². The second-order valence-electron chi connectivity index (χ2n) is 6.93. The average molecular weight is 464 g/mol. The van der Waals surface area contributed by atoms with Crippen molar-refractivity contribution in [3.8, 4) is 22.8 Å². The van der Waals surface area contributed by atoms with Gasteiger partial charge in [0.1, 0.15) is 12.3 Å². The highest BCUT2D eigenvalue weighted by Gasteiger charge is 2.15. The third-order valence-electron chi connectivity index (χ3n) is 4.77. The molecule has 33 heavy (non-hydrogen) atoms. The molecule has 0 fully saturated rings. The number of aromatic nitrogens is 2. The molecule has 4 aromatic rings. The van der Waals surface area contributed by atoms with Gasteiger partial charge in [0.05, 0.1) is 19.9 Å². The van der Waals surface area contributed by atoms with E-state index in [0.29, 0.717) is 45.8 Å². The molecular weight excluding hydrogens is 442 g/mol. The summed E-state index contributed by atoms with van der Waals surface area (Å²) in [6, 6.07) is 16.4. The van der Waals surface area contributed by atoms with Crippen molar-refractivity contribution in [2.45, 2.75) is 6.61 Å². The lowest BCUT2D eigenvalue weighted by molar-refractivity contribution is 0.0594. The third kappa shape index (κ3) is 5.21. The van der Waals surface area contributed by atoms with Crippen molar-refractivity contribution >= 4 is 28.3 Å². The van der Waals surface area contributed by atoms with Crippen molar-refractivity contribution < 1.29 is 23.8 Å². The Bertz CT molecular complexity index is 1270. The zero-order chi connectivity index (χ0) is 23.2. The van der Waals surface area contributed by atoms with E-state index < -0.39 is 5.97 Å². The van der Waals surface area contributed by atoms with Crippen LogP contribution in [0, 0.1) is 0 Å². The topological polar surface area (TPSA) is 103 Å². The molecule has 0 saturated carbocycles. The predicted molar refractivity (Wildman–Crippen MR) is 125 cm³/mol. The second-order valence-corrected chi connectivity index (χ2v) is 7.78. The summed E-state index contributed by atoms with van der Waals surface area (Å²) in [5, 5.41) is 5.01. The van der Waals surface area contributed by atoms with Crippen molar-refractivity contribution in [3.05, 3.63) is 83.0 Å². The summed E-state index contributed by atoms with van der Waals surface area (Å²) in [6.45, 7) is 0.390.